The molecule has 1 aromatic heterocycles. The van der Waals surface area contributed by atoms with Crippen LogP contribution in [0.3, 0.4) is 0 Å². The lowest BCUT2D eigenvalue weighted by atomic mass is 9.84. The van der Waals surface area contributed by atoms with E-state index in [2.05, 4.69) is 170 Å². The van der Waals surface area contributed by atoms with Gasteiger partial charge in [0.15, 0.2) is 0 Å². The largest absolute Gasteiger partial charge is 0.455 e. The number of hydrogen-bond donors (Lipinski definition) is 0. The van der Waals surface area contributed by atoms with Crippen LogP contribution in [0.15, 0.2) is 174 Å². The van der Waals surface area contributed by atoms with Crippen molar-refractivity contribution in [3.8, 4) is 44.5 Å². The van der Waals surface area contributed by atoms with Crippen molar-refractivity contribution in [2.45, 2.75) is 0 Å². The number of benzene rings is 8. The van der Waals surface area contributed by atoms with E-state index in [0.29, 0.717) is 0 Å². The molecule has 0 atom stereocenters. The summed E-state index contributed by atoms with van der Waals surface area (Å²) < 4.78 is 6.67. The molecule has 1 heteroatoms. The van der Waals surface area contributed by atoms with Gasteiger partial charge >= 0.3 is 0 Å². The summed E-state index contributed by atoms with van der Waals surface area (Å²) in [5.74, 6) is 0. The maximum absolute atomic E-state index is 6.67. The summed E-state index contributed by atoms with van der Waals surface area (Å²) in [7, 11) is 0. The Morgan fingerprint density at radius 3 is 1.49 bits per heavy atom. The fraction of sp³-hybridized carbons (Fsp3) is 0. The first-order valence-corrected chi connectivity index (χ1v) is 15.4. The Labute approximate surface area is 261 Å². The van der Waals surface area contributed by atoms with Gasteiger partial charge in [-0.2, -0.15) is 0 Å². The molecule has 1 nitrogen and oxygen atoms in total. The first kappa shape index (κ1) is 25.6. The smallest absolute Gasteiger partial charge is 0.143 e. The molecule has 0 saturated carbocycles. The van der Waals surface area contributed by atoms with Gasteiger partial charge in [-0.05, 0) is 72.6 Å². The van der Waals surface area contributed by atoms with Gasteiger partial charge in [-0.3, -0.25) is 0 Å². The summed E-state index contributed by atoms with van der Waals surface area (Å²) in [6.45, 7) is 0. The molecule has 9 aromatic rings. The normalized spacial score (nSPS) is 11.6. The van der Waals surface area contributed by atoms with Gasteiger partial charge in [0, 0.05) is 16.3 Å². The van der Waals surface area contributed by atoms with Crippen LogP contribution in [0.25, 0.3) is 88.0 Å². The van der Waals surface area contributed by atoms with Crippen LogP contribution in [0, 0.1) is 0 Å². The lowest BCUT2D eigenvalue weighted by Crippen LogP contribution is -1.91. The monoisotopic (exact) mass is 572 g/mol. The van der Waals surface area contributed by atoms with Crippen molar-refractivity contribution in [2.75, 3.05) is 0 Å². The second-order valence-corrected chi connectivity index (χ2v) is 11.6. The third kappa shape index (κ3) is 4.09. The first-order chi connectivity index (χ1) is 22.3. The molecule has 0 N–H and O–H groups in total. The van der Waals surface area contributed by atoms with Crippen LogP contribution in [-0.2, 0) is 0 Å². The molecule has 0 bridgehead atoms. The lowest BCUT2D eigenvalue weighted by molar-refractivity contribution is 0.670. The van der Waals surface area contributed by atoms with Crippen LogP contribution in [0.4, 0.5) is 0 Å². The Morgan fingerprint density at radius 2 is 0.800 bits per heavy atom. The summed E-state index contributed by atoms with van der Waals surface area (Å²) in [5.41, 5.74) is 11.4. The molecule has 9 rings (SSSR count). The van der Waals surface area contributed by atoms with Gasteiger partial charge in [-0.25, -0.2) is 0 Å². The van der Waals surface area contributed by atoms with Crippen LogP contribution >= 0.6 is 0 Å². The van der Waals surface area contributed by atoms with Gasteiger partial charge in [0.2, 0.25) is 0 Å². The maximum Gasteiger partial charge on any atom is 0.143 e. The Hall–Kier alpha value is -5.92. The van der Waals surface area contributed by atoms with Gasteiger partial charge in [-0.1, -0.05) is 158 Å². The molecule has 45 heavy (non-hydrogen) atoms. The molecule has 210 valence electrons. The molecule has 1 heterocycles. The minimum Gasteiger partial charge on any atom is -0.455 e. The molecule has 0 spiro atoms. The van der Waals surface area contributed by atoms with Crippen LogP contribution in [-0.4, -0.2) is 0 Å². The molecular weight excluding hydrogens is 544 g/mol. The van der Waals surface area contributed by atoms with Crippen molar-refractivity contribution in [1.82, 2.24) is 0 Å². The number of fused-ring (bicyclic) bond motifs is 5. The fourth-order valence-corrected chi connectivity index (χ4v) is 7.12. The van der Waals surface area contributed by atoms with E-state index in [0.717, 1.165) is 33.1 Å². The van der Waals surface area contributed by atoms with E-state index in [1.807, 2.05) is 0 Å². The zero-order chi connectivity index (χ0) is 29.7. The van der Waals surface area contributed by atoms with Crippen LogP contribution in [0.5, 0.6) is 0 Å². The summed E-state index contributed by atoms with van der Waals surface area (Å²) in [4.78, 5) is 0. The molecule has 0 aliphatic carbocycles. The molecule has 0 amide bonds. The maximum atomic E-state index is 6.67. The van der Waals surface area contributed by atoms with Crippen molar-refractivity contribution >= 4 is 43.5 Å². The zero-order valence-corrected chi connectivity index (χ0v) is 24.6. The molecule has 0 unspecified atom stereocenters. The topological polar surface area (TPSA) is 13.1 Å². The molecule has 0 saturated heterocycles. The first-order valence-electron chi connectivity index (χ1n) is 15.4. The highest BCUT2D eigenvalue weighted by molar-refractivity contribution is 6.26. The quantitative estimate of drug-likeness (QED) is 0.191. The average Bonchev–Trinajstić information content (AvgIpc) is 3.51. The Balaban J connectivity index is 1.36. The Morgan fingerprint density at radius 1 is 0.311 bits per heavy atom. The van der Waals surface area contributed by atoms with E-state index in [9.17, 15) is 0 Å². The standard InChI is InChI=1S/C44H28O/c1-3-14-29(15-4-1)31-18-11-19-32(28-31)41-34-20-7-9-22-36(34)42(37-23-10-8-21-35(37)41)38-25-13-27-40-43(38)39-26-12-24-33(44(39)45-40)30-16-5-2-6-17-30/h1-28H. The molecule has 0 aliphatic heterocycles. The van der Waals surface area contributed by atoms with Gasteiger partial charge in [0.1, 0.15) is 11.2 Å². The number of para-hydroxylation sites is 1. The fourth-order valence-electron chi connectivity index (χ4n) is 7.12. The van der Waals surface area contributed by atoms with Crippen molar-refractivity contribution < 1.29 is 4.42 Å². The summed E-state index contributed by atoms with van der Waals surface area (Å²) in [6.07, 6.45) is 0. The predicted molar refractivity (Wildman–Crippen MR) is 190 cm³/mol. The van der Waals surface area contributed by atoms with Crippen molar-refractivity contribution in [3.05, 3.63) is 170 Å². The van der Waals surface area contributed by atoms with Crippen LogP contribution in [0.2, 0.25) is 0 Å². The highest BCUT2D eigenvalue weighted by Crippen LogP contribution is 2.47. The van der Waals surface area contributed by atoms with E-state index >= 15 is 0 Å². The summed E-state index contributed by atoms with van der Waals surface area (Å²) in [5, 5.41) is 7.24. The second kappa shape index (κ2) is 10.4. The minimum atomic E-state index is 0.902. The number of hydrogen-bond acceptors (Lipinski definition) is 1. The molecule has 0 aliphatic rings. The third-order valence-corrected chi connectivity index (χ3v) is 9.07. The molecule has 8 aromatic carbocycles. The van der Waals surface area contributed by atoms with E-state index < -0.39 is 0 Å². The van der Waals surface area contributed by atoms with Crippen molar-refractivity contribution in [2.24, 2.45) is 0 Å². The van der Waals surface area contributed by atoms with Crippen molar-refractivity contribution in [1.29, 1.82) is 0 Å². The molecule has 0 radical (unpaired) electrons. The summed E-state index contributed by atoms with van der Waals surface area (Å²) >= 11 is 0. The minimum absolute atomic E-state index is 0.902. The van der Waals surface area contributed by atoms with E-state index in [1.54, 1.807) is 0 Å². The Bertz CT molecular complexity index is 2460. The highest BCUT2D eigenvalue weighted by Gasteiger charge is 2.21. The van der Waals surface area contributed by atoms with Crippen LogP contribution in [0.1, 0.15) is 0 Å². The SMILES string of the molecule is c1ccc(-c2cccc(-c3c4ccccc4c(-c4cccc5oc6c(-c7ccccc7)cccc6c45)c4ccccc34)c2)cc1. The second-order valence-electron chi connectivity index (χ2n) is 11.6. The van der Waals surface area contributed by atoms with E-state index in [4.69, 9.17) is 4.42 Å². The number of furan rings is 1. The summed E-state index contributed by atoms with van der Waals surface area (Å²) in [6, 6.07) is 60.8. The van der Waals surface area contributed by atoms with Gasteiger partial charge in [-0.15, -0.1) is 0 Å². The highest BCUT2D eigenvalue weighted by atomic mass is 16.3. The van der Waals surface area contributed by atoms with Gasteiger partial charge in [0.25, 0.3) is 0 Å². The molecular formula is C44H28O. The predicted octanol–water partition coefficient (Wildman–Crippen LogP) is 12.6. The van der Waals surface area contributed by atoms with Crippen LogP contribution < -0.4 is 0 Å². The van der Waals surface area contributed by atoms with Gasteiger partial charge < -0.3 is 4.42 Å². The van der Waals surface area contributed by atoms with E-state index in [1.165, 1.54) is 54.9 Å². The lowest BCUT2D eigenvalue weighted by Gasteiger charge is -2.18. The number of rotatable bonds is 4. The van der Waals surface area contributed by atoms with E-state index in [-0.39, 0.29) is 0 Å². The van der Waals surface area contributed by atoms with Gasteiger partial charge in [0.05, 0.1) is 0 Å². The Kier molecular flexibility index (Phi) is 5.89. The zero-order valence-electron chi connectivity index (χ0n) is 24.6. The molecule has 0 fully saturated rings. The third-order valence-electron chi connectivity index (χ3n) is 9.07. The van der Waals surface area contributed by atoms with Crippen molar-refractivity contribution in [3.63, 3.8) is 0 Å². The average molecular weight is 573 g/mol.